The number of Topliss-reactive ketones (excluding diaryl/α,β-unsaturated/α-hetero) is 1. The topological polar surface area (TPSA) is 110 Å². The summed E-state index contributed by atoms with van der Waals surface area (Å²) in [6, 6.07) is 4.26. The van der Waals surface area contributed by atoms with E-state index in [4.69, 9.17) is 10.2 Å². The first-order chi connectivity index (χ1) is 16.1. The van der Waals surface area contributed by atoms with Crippen LogP contribution in [0.15, 0.2) is 29.8 Å². The molecule has 0 bridgehead atoms. The molecule has 6 heteroatoms. The van der Waals surface area contributed by atoms with Crippen molar-refractivity contribution in [2.24, 2.45) is 28.6 Å². The third-order valence-corrected chi connectivity index (χ3v) is 9.57. The summed E-state index contributed by atoms with van der Waals surface area (Å²) in [5.41, 5.74) is 2.38. The van der Waals surface area contributed by atoms with Gasteiger partial charge in [-0.1, -0.05) is 31.6 Å². The van der Waals surface area contributed by atoms with Crippen molar-refractivity contribution in [3.8, 4) is 11.5 Å². The van der Waals surface area contributed by atoms with Crippen molar-refractivity contribution in [1.29, 1.82) is 0 Å². The van der Waals surface area contributed by atoms with Crippen LogP contribution in [0.25, 0.3) is 0 Å². The van der Waals surface area contributed by atoms with Crippen LogP contribution in [0, 0.1) is 28.6 Å². The first kappa shape index (κ1) is 25.2. The number of rotatable bonds is 3. The molecule has 188 valence electrons. The van der Waals surface area contributed by atoms with Gasteiger partial charge in [0.05, 0.1) is 12.2 Å². The van der Waals surface area contributed by atoms with Gasteiger partial charge in [0.25, 0.3) is 0 Å². The summed E-state index contributed by atoms with van der Waals surface area (Å²) in [5.74, 6) is 2.20. The minimum Gasteiger partial charge on any atom is -0.504 e. The number of allylic oxidation sites excluding steroid dienone is 1. The third-order valence-electron chi connectivity index (χ3n) is 9.57. The molecular weight excluding hydrogens is 430 g/mol. The van der Waals surface area contributed by atoms with Gasteiger partial charge in [-0.25, -0.2) is 0 Å². The van der Waals surface area contributed by atoms with E-state index < -0.39 is 6.10 Å². The molecule has 7 atom stereocenters. The SMILES string of the molecule is CNC[C@H](O)c1ccc(O)c(O)c1.C[C@]12CC[C@H](O)CC1=CC[C@@H]1[C@@H]2CC[C@]2(C)C(=O)CC[C@@H]12. The fourth-order valence-corrected chi connectivity index (χ4v) is 7.47. The molecule has 0 saturated heterocycles. The smallest absolute Gasteiger partial charge is 0.157 e. The Labute approximate surface area is 203 Å². The monoisotopic (exact) mass is 471 g/mol. The molecule has 4 aliphatic carbocycles. The Balaban J connectivity index is 0.000000182. The van der Waals surface area contributed by atoms with E-state index in [1.54, 1.807) is 13.1 Å². The highest BCUT2D eigenvalue weighted by molar-refractivity contribution is 5.87. The number of aromatic hydroxyl groups is 2. The van der Waals surface area contributed by atoms with E-state index in [0.29, 0.717) is 35.1 Å². The first-order valence-corrected chi connectivity index (χ1v) is 12.9. The molecule has 5 N–H and O–H groups in total. The van der Waals surface area contributed by atoms with E-state index >= 15 is 0 Å². The van der Waals surface area contributed by atoms with Crippen LogP contribution in [-0.2, 0) is 4.79 Å². The van der Waals surface area contributed by atoms with Crippen LogP contribution in [0.3, 0.4) is 0 Å². The van der Waals surface area contributed by atoms with Crippen molar-refractivity contribution < 1.29 is 25.2 Å². The molecular formula is C28H41NO5. The van der Waals surface area contributed by atoms with E-state index in [-0.39, 0.29) is 23.0 Å². The molecule has 0 amide bonds. The number of phenols is 2. The first-order valence-electron chi connectivity index (χ1n) is 12.9. The van der Waals surface area contributed by atoms with Crippen molar-refractivity contribution in [1.82, 2.24) is 5.32 Å². The van der Waals surface area contributed by atoms with Crippen molar-refractivity contribution in [3.63, 3.8) is 0 Å². The van der Waals surface area contributed by atoms with Gasteiger partial charge in [-0.05, 0) is 92.9 Å². The van der Waals surface area contributed by atoms with E-state index in [2.05, 4.69) is 25.2 Å². The second kappa shape index (κ2) is 9.63. The molecule has 0 spiro atoms. The van der Waals surface area contributed by atoms with Gasteiger partial charge < -0.3 is 25.7 Å². The number of likely N-dealkylation sites (N-methyl/N-ethyl adjacent to an activating group) is 1. The van der Waals surface area contributed by atoms with Crippen molar-refractivity contribution >= 4 is 5.78 Å². The summed E-state index contributed by atoms with van der Waals surface area (Å²) in [6.45, 7) is 5.10. The van der Waals surface area contributed by atoms with Crippen LogP contribution in [0.4, 0.5) is 0 Å². The number of nitrogens with one attached hydrogen (secondary N) is 1. The van der Waals surface area contributed by atoms with E-state index in [9.17, 15) is 15.0 Å². The lowest BCUT2D eigenvalue weighted by Gasteiger charge is -2.56. The zero-order valence-electron chi connectivity index (χ0n) is 20.8. The minimum absolute atomic E-state index is 0.0168. The summed E-state index contributed by atoms with van der Waals surface area (Å²) in [6.07, 6.45) is 10.0. The maximum atomic E-state index is 12.4. The predicted octanol–water partition coefficient (Wildman–Crippen LogP) is 4.23. The van der Waals surface area contributed by atoms with Gasteiger partial charge in [0.1, 0.15) is 5.78 Å². The van der Waals surface area contributed by atoms with E-state index in [0.717, 1.165) is 50.9 Å². The van der Waals surface area contributed by atoms with Crippen LogP contribution in [0.1, 0.15) is 76.9 Å². The molecule has 1 aromatic rings. The predicted molar refractivity (Wildman–Crippen MR) is 131 cm³/mol. The van der Waals surface area contributed by atoms with Gasteiger partial charge in [0.2, 0.25) is 0 Å². The number of hydrogen-bond acceptors (Lipinski definition) is 6. The van der Waals surface area contributed by atoms with Crippen molar-refractivity contribution in [2.45, 2.75) is 77.4 Å². The average Bonchev–Trinajstić information content (AvgIpc) is 3.11. The average molecular weight is 472 g/mol. The molecule has 0 unspecified atom stereocenters. The minimum atomic E-state index is -0.670. The van der Waals surface area contributed by atoms with Gasteiger partial charge in [0.15, 0.2) is 11.5 Å². The maximum Gasteiger partial charge on any atom is 0.157 e. The second-order valence-electron chi connectivity index (χ2n) is 11.4. The zero-order chi connectivity index (χ0) is 24.7. The van der Waals surface area contributed by atoms with Crippen LogP contribution >= 0.6 is 0 Å². The Hall–Kier alpha value is -1.89. The molecule has 34 heavy (non-hydrogen) atoms. The quantitative estimate of drug-likeness (QED) is 0.333. The number of ketones is 1. The Morgan fingerprint density at radius 2 is 1.76 bits per heavy atom. The Kier molecular flexibility index (Phi) is 7.14. The second-order valence-corrected chi connectivity index (χ2v) is 11.4. The molecule has 4 aliphatic rings. The van der Waals surface area contributed by atoms with Crippen molar-refractivity contribution in [2.75, 3.05) is 13.6 Å². The Bertz CT molecular complexity index is 945. The molecule has 1 aromatic carbocycles. The van der Waals surface area contributed by atoms with Crippen LogP contribution in [-0.4, -0.2) is 45.9 Å². The Morgan fingerprint density at radius 3 is 2.47 bits per heavy atom. The highest BCUT2D eigenvalue weighted by Crippen LogP contribution is 2.63. The molecule has 3 saturated carbocycles. The zero-order valence-corrected chi connectivity index (χ0v) is 20.8. The van der Waals surface area contributed by atoms with Gasteiger partial charge in [-0.3, -0.25) is 4.79 Å². The number of aliphatic hydroxyl groups is 2. The number of phenolic OH excluding ortho intramolecular Hbond substituents is 2. The van der Waals surface area contributed by atoms with Crippen LogP contribution in [0.2, 0.25) is 0 Å². The number of carbonyl (C=O) groups is 1. The standard InChI is InChI=1S/C19H28O2.C9H13NO3/c1-18-9-7-13(20)11-12(18)3-4-14-15-5-6-17(21)19(15,2)10-8-16(14)18;1-10-5-9(13)6-2-3-7(11)8(12)4-6/h3,13-16,20H,4-11H2,1-2H3;2-4,9-13H,5H2,1H3/t13-,14-,15-,16-,18-,19-;9-/m00/s1. The lowest BCUT2D eigenvalue weighted by Crippen LogP contribution is -2.50. The van der Waals surface area contributed by atoms with Crippen molar-refractivity contribution in [3.05, 3.63) is 35.4 Å². The fraction of sp³-hybridized carbons (Fsp3) is 0.679. The number of benzene rings is 1. The van der Waals surface area contributed by atoms with Crippen LogP contribution in [0.5, 0.6) is 11.5 Å². The van der Waals surface area contributed by atoms with Crippen LogP contribution < -0.4 is 5.32 Å². The molecule has 6 nitrogen and oxygen atoms in total. The number of carbonyl (C=O) groups excluding carboxylic acids is 1. The summed E-state index contributed by atoms with van der Waals surface area (Å²) >= 11 is 0. The summed E-state index contributed by atoms with van der Waals surface area (Å²) in [4.78, 5) is 12.4. The highest BCUT2D eigenvalue weighted by atomic mass is 16.3. The maximum absolute atomic E-state index is 12.4. The Morgan fingerprint density at radius 1 is 1.06 bits per heavy atom. The number of aliphatic hydroxyl groups excluding tert-OH is 2. The fourth-order valence-electron chi connectivity index (χ4n) is 7.47. The highest BCUT2D eigenvalue weighted by Gasteiger charge is 2.58. The normalized spacial score (nSPS) is 37.4. The molecule has 0 heterocycles. The van der Waals surface area contributed by atoms with E-state index in [1.807, 2.05) is 0 Å². The largest absolute Gasteiger partial charge is 0.504 e. The number of hydrogen-bond donors (Lipinski definition) is 5. The molecule has 3 fully saturated rings. The van der Waals surface area contributed by atoms with Gasteiger partial charge in [-0.15, -0.1) is 0 Å². The third kappa shape index (κ3) is 4.40. The van der Waals surface area contributed by atoms with Gasteiger partial charge in [-0.2, -0.15) is 0 Å². The molecule has 0 aromatic heterocycles. The van der Waals surface area contributed by atoms with Gasteiger partial charge >= 0.3 is 0 Å². The molecule has 0 aliphatic heterocycles. The lowest BCUT2D eigenvalue weighted by molar-refractivity contribution is -0.132. The lowest BCUT2D eigenvalue weighted by atomic mass is 9.48. The summed E-state index contributed by atoms with van der Waals surface area (Å²) < 4.78 is 0. The summed E-state index contributed by atoms with van der Waals surface area (Å²) in [5, 5.41) is 40.4. The molecule has 5 rings (SSSR count). The summed E-state index contributed by atoms with van der Waals surface area (Å²) in [7, 11) is 1.73. The van der Waals surface area contributed by atoms with Gasteiger partial charge in [0, 0.05) is 18.4 Å². The molecule has 0 radical (unpaired) electrons. The number of fused-ring (bicyclic) bond motifs is 5. The van der Waals surface area contributed by atoms with E-state index in [1.165, 1.54) is 24.1 Å².